The monoisotopic (exact) mass is 242 g/mol. The maximum atomic E-state index is 11.8. The van der Waals surface area contributed by atoms with Crippen molar-refractivity contribution < 1.29 is 13.5 Å². The van der Waals surface area contributed by atoms with E-state index in [0.29, 0.717) is 5.92 Å². The van der Waals surface area contributed by atoms with Gasteiger partial charge in [0.2, 0.25) is 10.0 Å². The molecule has 1 fully saturated rings. The molecule has 1 aliphatic rings. The summed E-state index contributed by atoms with van der Waals surface area (Å²) in [5.41, 5.74) is 5.51. The molecule has 2 atom stereocenters. The molecule has 0 bridgehead atoms. The third kappa shape index (κ3) is 2.12. The number of nitrogens with two attached hydrogens (primary N) is 1. The Kier molecular flexibility index (Phi) is 2.55. The zero-order chi connectivity index (χ0) is 11.9. The normalized spacial score (nSPS) is 24.3. The van der Waals surface area contributed by atoms with Crippen LogP contribution in [0.2, 0.25) is 0 Å². The van der Waals surface area contributed by atoms with Gasteiger partial charge < -0.3 is 10.8 Å². The van der Waals surface area contributed by atoms with Crippen LogP contribution in [0.1, 0.15) is 13.3 Å². The molecule has 1 aliphatic carbocycles. The molecule has 1 aromatic rings. The van der Waals surface area contributed by atoms with Crippen LogP contribution in [0.25, 0.3) is 0 Å². The lowest BCUT2D eigenvalue weighted by Gasteiger charge is -2.07. The van der Waals surface area contributed by atoms with Crippen LogP contribution in [-0.4, -0.2) is 19.6 Å². The van der Waals surface area contributed by atoms with Crippen LogP contribution in [0.3, 0.4) is 0 Å². The summed E-state index contributed by atoms with van der Waals surface area (Å²) >= 11 is 0. The number of nitrogen functional groups attached to an aromatic ring is 1. The van der Waals surface area contributed by atoms with Crippen molar-refractivity contribution in [2.45, 2.75) is 24.3 Å². The van der Waals surface area contributed by atoms with Crippen LogP contribution in [0.15, 0.2) is 23.1 Å². The molecule has 16 heavy (non-hydrogen) atoms. The summed E-state index contributed by atoms with van der Waals surface area (Å²) in [4.78, 5) is 0.0851. The highest BCUT2D eigenvalue weighted by atomic mass is 32.2. The van der Waals surface area contributed by atoms with Crippen LogP contribution in [0, 0.1) is 5.92 Å². The van der Waals surface area contributed by atoms with Crippen molar-refractivity contribution in [3.05, 3.63) is 18.2 Å². The number of hydrogen-bond acceptors (Lipinski definition) is 4. The summed E-state index contributed by atoms with van der Waals surface area (Å²) < 4.78 is 26.3. The number of nitrogens with one attached hydrogen (secondary N) is 1. The zero-order valence-electron chi connectivity index (χ0n) is 8.84. The molecule has 0 radical (unpaired) electrons. The number of rotatable bonds is 3. The Hall–Kier alpha value is -1.27. The Morgan fingerprint density at radius 3 is 2.62 bits per heavy atom. The van der Waals surface area contributed by atoms with Gasteiger partial charge in [0.05, 0.1) is 10.6 Å². The van der Waals surface area contributed by atoms with Gasteiger partial charge in [-0.05, 0) is 30.5 Å². The first-order valence-electron chi connectivity index (χ1n) is 5.01. The maximum Gasteiger partial charge on any atom is 0.240 e. The molecule has 4 N–H and O–H groups in total. The Labute approximate surface area is 94.3 Å². The highest BCUT2D eigenvalue weighted by molar-refractivity contribution is 7.89. The van der Waals surface area contributed by atoms with Crippen molar-refractivity contribution in [1.82, 2.24) is 4.72 Å². The Balaban J connectivity index is 2.25. The molecule has 0 aliphatic heterocycles. The fourth-order valence-corrected chi connectivity index (χ4v) is 2.85. The van der Waals surface area contributed by atoms with Gasteiger partial charge in [0.25, 0.3) is 0 Å². The van der Waals surface area contributed by atoms with Crippen LogP contribution < -0.4 is 10.5 Å². The fourth-order valence-electron chi connectivity index (χ4n) is 1.45. The van der Waals surface area contributed by atoms with E-state index in [1.54, 1.807) is 0 Å². The summed E-state index contributed by atoms with van der Waals surface area (Å²) in [6.07, 6.45) is 0.868. The van der Waals surface area contributed by atoms with E-state index in [1.165, 1.54) is 18.2 Å². The van der Waals surface area contributed by atoms with Gasteiger partial charge in [-0.15, -0.1) is 0 Å². The van der Waals surface area contributed by atoms with Crippen molar-refractivity contribution in [3.8, 4) is 5.75 Å². The molecule has 1 saturated carbocycles. The minimum absolute atomic E-state index is 0.0278. The van der Waals surface area contributed by atoms with Gasteiger partial charge in [-0.25, -0.2) is 13.1 Å². The fraction of sp³-hybridized carbons (Fsp3) is 0.400. The average Bonchev–Trinajstić information content (AvgIpc) is 2.85. The quantitative estimate of drug-likeness (QED) is 0.536. The highest BCUT2D eigenvalue weighted by Crippen LogP contribution is 2.31. The number of sulfonamides is 1. The summed E-state index contributed by atoms with van der Waals surface area (Å²) in [7, 11) is -3.51. The SMILES string of the molecule is CC1CC1NS(=O)(=O)c1ccc(O)c(N)c1. The Bertz CT molecular complexity index is 513. The van der Waals surface area contributed by atoms with E-state index in [0.717, 1.165) is 6.42 Å². The zero-order valence-corrected chi connectivity index (χ0v) is 9.66. The van der Waals surface area contributed by atoms with Crippen molar-refractivity contribution in [2.75, 3.05) is 5.73 Å². The van der Waals surface area contributed by atoms with Crippen LogP contribution in [0.5, 0.6) is 5.75 Å². The molecule has 0 aromatic heterocycles. The van der Waals surface area contributed by atoms with Gasteiger partial charge in [0.15, 0.2) is 0 Å². The van der Waals surface area contributed by atoms with Gasteiger partial charge in [0, 0.05) is 6.04 Å². The van der Waals surface area contributed by atoms with E-state index in [2.05, 4.69) is 4.72 Å². The molecule has 1 aromatic carbocycles. The van der Waals surface area contributed by atoms with Crippen molar-refractivity contribution in [1.29, 1.82) is 0 Å². The van der Waals surface area contributed by atoms with Gasteiger partial charge in [-0.1, -0.05) is 6.92 Å². The van der Waals surface area contributed by atoms with Gasteiger partial charge >= 0.3 is 0 Å². The van der Waals surface area contributed by atoms with Crippen molar-refractivity contribution >= 4 is 15.7 Å². The van der Waals surface area contributed by atoms with Gasteiger partial charge in [-0.3, -0.25) is 0 Å². The standard InChI is InChI=1S/C10H14N2O3S/c1-6-4-9(6)12-16(14,15)7-2-3-10(13)8(11)5-7/h2-3,5-6,9,12-13H,4,11H2,1H3. The number of phenolic OH excluding ortho intramolecular Hbond substituents is 1. The smallest absolute Gasteiger partial charge is 0.240 e. The lowest BCUT2D eigenvalue weighted by molar-refractivity contribution is 0.477. The molecule has 88 valence electrons. The number of hydrogen-bond donors (Lipinski definition) is 3. The van der Waals surface area contributed by atoms with Crippen LogP contribution >= 0.6 is 0 Å². The number of benzene rings is 1. The molecule has 6 heteroatoms. The number of anilines is 1. The summed E-state index contributed by atoms with van der Waals surface area (Å²) in [5.74, 6) is 0.281. The second kappa shape index (κ2) is 3.64. The second-order valence-corrected chi connectivity index (χ2v) is 5.88. The van der Waals surface area contributed by atoms with Gasteiger partial charge in [-0.2, -0.15) is 0 Å². The molecular weight excluding hydrogens is 228 g/mol. The molecule has 2 unspecified atom stereocenters. The Morgan fingerprint density at radius 1 is 1.50 bits per heavy atom. The minimum Gasteiger partial charge on any atom is -0.506 e. The van der Waals surface area contributed by atoms with Gasteiger partial charge in [0.1, 0.15) is 5.75 Å². The first-order chi connectivity index (χ1) is 7.40. The molecular formula is C10H14N2O3S. The minimum atomic E-state index is -3.51. The molecule has 0 heterocycles. The van der Waals surface area contributed by atoms with Crippen LogP contribution in [-0.2, 0) is 10.0 Å². The van der Waals surface area contributed by atoms with E-state index in [1.807, 2.05) is 6.92 Å². The topological polar surface area (TPSA) is 92.4 Å². The van der Waals surface area contributed by atoms with Crippen LogP contribution in [0.4, 0.5) is 5.69 Å². The summed E-state index contributed by atoms with van der Waals surface area (Å²) in [6.45, 7) is 1.98. The van der Waals surface area contributed by atoms with Crippen molar-refractivity contribution in [2.24, 2.45) is 5.92 Å². The second-order valence-electron chi connectivity index (χ2n) is 4.16. The molecule has 5 nitrogen and oxygen atoms in total. The highest BCUT2D eigenvalue weighted by Gasteiger charge is 2.36. The lowest BCUT2D eigenvalue weighted by atomic mass is 10.3. The third-order valence-electron chi connectivity index (χ3n) is 2.73. The van der Waals surface area contributed by atoms with Crippen molar-refractivity contribution in [3.63, 3.8) is 0 Å². The molecule has 0 saturated heterocycles. The van der Waals surface area contributed by atoms with E-state index < -0.39 is 10.0 Å². The maximum absolute atomic E-state index is 11.8. The van der Waals surface area contributed by atoms with E-state index >= 15 is 0 Å². The third-order valence-corrected chi connectivity index (χ3v) is 4.21. The largest absolute Gasteiger partial charge is 0.506 e. The Morgan fingerprint density at radius 2 is 2.12 bits per heavy atom. The predicted molar refractivity (Wildman–Crippen MR) is 60.4 cm³/mol. The first kappa shape index (κ1) is 11.2. The van der Waals surface area contributed by atoms with E-state index in [4.69, 9.17) is 5.73 Å². The first-order valence-corrected chi connectivity index (χ1v) is 6.49. The molecule has 0 amide bonds. The lowest BCUT2D eigenvalue weighted by Crippen LogP contribution is -2.26. The van der Waals surface area contributed by atoms with E-state index in [-0.39, 0.29) is 22.4 Å². The average molecular weight is 242 g/mol. The number of phenols is 1. The predicted octanol–water partition coefficient (Wildman–Crippen LogP) is 0.661. The number of aromatic hydroxyl groups is 1. The molecule has 0 spiro atoms. The summed E-state index contributed by atoms with van der Waals surface area (Å²) in [5, 5.41) is 9.21. The van der Waals surface area contributed by atoms with E-state index in [9.17, 15) is 13.5 Å². The summed E-state index contributed by atoms with van der Waals surface area (Å²) in [6, 6.07) is 3.89. The molecule has 2 rings (SSSR count).